The molecule has 2 saturated carbocycles. The van der Waals surface area contributed by atoms with Crippen LogP contribution >= 0.6 is 35.7 Å². The van der Waals surface area contributed by atoms with Crippen LogP contribution in [0.4, 0.5) is 0 Å². The number of hydrogen-bond donors (Lipinski definition) is 2. The van der Waals surface area contributed by atoms with E-state index in [-0.39, 0.29) is 30.0 Å². The predicted octanol–water partition coefficient (Wildman–Crippen LogP) is 3.57. The van der Waals surface area contributed by atoms with Gasteiger partial charge in [-0.3, -0.25) is 4.99 Å². The fourth-order valence-corrected chi connectivity index (χ4v) is 7.19. The van der Waals surface area contributed by atoms with E-state index >= 15 is 0 Å². The van der Waals surface area contributed by atoms with Crippen LogP contribution in [0.15, 0.2) is 34.2 Å². The molecular weight excluding hydrogens is 531 g/mol. The molecule has 0 bridgehead atoms. The molecule has 1 heterocycles. The minimum Gasteiger partial charge on any atom is -0.352 e. The van der Waals surface area contributed by atoms with Crippen molar-refractivity contribution in [1.29, 1.82) is 0 Å². The zero-order valence-corrected chi connectivity index (χ0v) is 21.6. The first-order valence-corrected chi connectivity index (χ1v) is 13.2. The van der Waals surface area contributed by atoms with Crippen LogP contribution in [0.2, 0.25) is 0 Å². The van der Waals surface area contributed by atoms with Crippen LogP contribution in [0.5, 0.6) is 0 Å². The fraction of sp³-hybridized carbons (Fsp3) is 0.667. The monoisotopic (exact) mass is 564 g/mol. The lowest BCUT2D eigenvalue weighted by Crippen LogP contribution is -2.53. The van der Waals surface area contributed by atoms with Gasteiger partial charge in [0.2, 0.25) is 10.0 Å². The lowest BCUT2D eigenvalue weighted by atomic mass is 9.87. The summed E-state index contributed by atoms with van der Waals surface area (Å²) in [6.07, 6.45) is 8.58. The van der Waals surface area contributed by atoms with Crippen LogP contribution in [0.25, 0.3) is 0 Å². The predicted molar refractivity (Wildman–Crippen MR) is 135 cm³/mol. The first kappa shape index (κ1) is 24.1. The number of sulfonamides is 1. The van der Waals surface area contributed by atoms with E-state index in [1.54, 1.807) is 12.1 Å². The maximum atomic E-state index is 12.3. The van der Waals surface area contributed by atoms with E-state index in [9.17, 15) is 8.42 Å². The third-order valence-electron chi connectivity index (χ3n) is 6.11. The molecule has 1 aliphatic heterocycles. The summed E-state index contributed by atoms with van der Waals surface area (Å²) < 4.78 is 27.7. The van der Waals surface area contributed by atoms with Gasteiger partial charge in [0.05, 0.1) is 4.90 Å². The second kappa shape index (κ2) is 10.4. The zero-order chi connectivity index (χ0) is 20.3. The van der Waals surface area contributed by atoms with E-state index in [1.165, 1.54) is 32.1 Å². The molecule has 2 aliphatic carbocycles. The molecule has 3 fully saturated rings. The summed E-state index contributed by atoms with van der Waals surface area (Å²) >= 11 is 2.16. The van der Waals surface area contributed by atoms with Crippen molar-refractivity contribution in [2.75, 3.05) is 25.9 Å². The van der Waals surface area contributed by atoms with E-state index < -0.39 is 10.0 Å². The van der Waals surface area contributed by atoms with Crippen LogP contribution in [0.1, 0.15) is 50.5 Å². The van der Waals surface area contributed by atoms with Crippen molar-refractivity contribution >= 4 is 51.7 Å². The molecule has 30 heavy (non-hydrogen) atoms. The second-order valence-corrected chi connectivity index (χ2v) is 11.7. The fourth-order valence-electron chi connectivity index (χ4n) is 4.31. The molecule has 4 rings (SSSR count). The normalized spacial score (nSPS) is 21.9. The van der Waals surface area contributed by atoms with Crippen LogP contribution in [0.3, 0.4) is 0 Å². The van der Waals surface area contributed by atoms with Crippen LogP contribution in [-0.2, 0) is 16.6 Å². The number of nitrogens with zero attached hydrogens (tertiary/aromatic N) is 2. The van der Waals surface area contributed by atoms with Gasteiger partial charge in [0.15, 0.2) is 5.96 Å². The topological polar surface area (TPSA) is 73.8 Å². The largest absolute Gasteiger partial charge is 0.352 e. The number of hydrogen-bond acceptors (Lipinski definition) is 4. The van der Waals surface area contributed by atoms with E-state index in [4.69, 9.17) is 0 Å². The molecule has 3 aliphatic rings. The standard InChI is InChI=1S/C21H32N4O2S2.HI/c1-22-20(25-13-14-28-21(16-25)11-3-2-4-12-21)23-15-17-5-9-19(10-6-17)29(26,27)24-18-7-8-18;/h5-6,9-10,18,24H,2-4,7-8,11-16H2,1H3,(H,22,23);1H. The summed E-state index contributed by atoms with van der Waals surface area (Å²) in [5, 5.41) is 3.48. The Labute approximate surface area is 202 Å². The van der Waals surface area contributed by atoms with Crippen LogP contribution in [-0.4, -0.2) is 56.0 Å². The highest BCUT2D eigenvalue weighted by molar-refractivity contribution is 14.0. The Morgan fingerprint density at radius 2 is 1.90 bits per heavy atom. The van der Waals surface area contributed by atoms with Gasteiger partial charge in [0.25, 0.3) is 0 Å². The van der Waals surface area contributed by atoms with Gasteiger partial charge in [-0.2, -0.15) is 11.8 Å². The van der Waals surface area contributed by atoms with Gasteiger partial charge in [0.1, 0.15) is 0 Å². The molecule has 6 nitrogen and oxygen atoms in total. The Bertz CT molecular complexity index is 830. The summed E-state index contributed by atoms with van der Waals surface area (Å²) in [6, 6.07) is 7.28. The average Bonchev–Trinajstić information content (AvgIpc) is 3.53. The highest BCUT2D eigenvalue weighted by Gasteiger charge is 2.38. The number of halogens is 1. The van der Waals surface area contributed by atoms with Crippen LogP contribution in [0, 0.1) is 0 Å². The first-order valence-electron chi connectivity index (χ1n) is 10.7. The molecule has 0 atom stereocenters. The molecule has 2 N–H and O–H groups in total. The van der Waals surface area contributed by atoms with E-state index in [0.29, 0.717) is 16.2 Å². The number of nitrogens with one attached hydrogen (secondary N) is 2. The van der Waals surface area contributed by atoms with Gasteiger partial charge in [-0.05, 0) is 43.4 Å². The first-order chi connectivity index (χ1) is 14.0. The molecule has 1 aromatic rings. The molecular formula is C21H33IN4O2S2. The van der Waals surface area contributed by atoms with Crippen molar-refractivity contribution in [3.63, 3.8) is 0 Å². The molecule has 1 aromatic carbocycles. The Hall–Kier alpha value is -0.520. The molecule has 0 amide bonds. The maximum Gasteiger partial charge on any atom is 0.240 e. The van der Waals surface area contributed by atoms with Crippen molar-refractivity contribution in [3.05, 3.63) is 29.8 Å². The molecule has 0 aromatic heterocycles. The number of benzene rings is 1. The lowest BCUT2D eigenvalue weighted by Gasteiger charge is -2.45. The van der Waals surface area contributed by atoms with E-state index in [0.717, 1.165) is 43.2 Å². The number of guanidine groups is 1. The number of aliphatic imine (C=N–C) groups is 1. The average molecular weight is 565 g/mol. The molecule has 0 radical (unpaired) electrons. The van der Waals surface area contributed by atoms with Crippen LogP contribution < -0.4 is 10.0 Å². The molecule has 1 saturated heterocycles. The summed E-state index contributed by atoms with van der Waals surface area (Å²) in [5.41, 5.74) is 1.05. The van der Waals surface area contributed by atoms with E-state index in [1.807, 2.05) is 19.2 Å². The highest BCUT2D eigenvalue weighted by atomic mass is 127. The Morgan fingerprint density at radius 3 is 2.53 bits per heavy atom. The Balaban J connectivity index is 0.00000256. The smallest absolute Gasteiger partial charge is 0.240 e. The summed E-state index contributed by atoms with van der Waals surface area (Å²) in [6.45, 7) is 2.73. The number of thioether (sulfide) groups is 1. The Morgan fingerprint density at radius 1 is 1.20 bits per heavy atom. The summed E-state index contributed by atoms with van der Waals surface area (Å²) in [7, 11) is -1.54. The van der Waals surface area contributed by atoms with Crippen molar-refractivity contribution in [1.82, 2.24) is 14.9 Å². The highest BCUT2D eigenvalue weighted by Crippen LogP contribution is 2.42. The Kier molecular flexibility index (Phi) is 8.36. The second-order valence-electron chi connectivity index (χ2n) is 8.45. The molecule has 1 spiro atoms. The minimum atomic E-state index is -3.39. The van der Waals surface area contributed by atoms with Crippen molar-refractivity contribution in [2.45, 2.75) is 67.2 Å². The molecule has 0 unspecified atom stereocenters. The van der Waals surface area contributed by atoms with Crippen molar-refractivity contribution in [3.8, 4) is 0 Å². The van der Waals surface area contributed by atoms with Gasteiger partial charge < -0.3 is 10.2 Å². The molecule has 168 valence electrons. The van der Waals surface area contributed by atoms with Crippen molar-refractivity contribution < 1.29 is 8.42 Å². The van der Waals surface area contributed by atoms with Crippen molar-refractivity contribution in [2.24, 2.45) is 4.99 Å². The third kappa shape index (κ3) is 6.04. The molecule has 9 heteroatoms. The summed E-state index contributed by atoms with van der Waals surface area (Å²) in [5.74, 6) is 2.10. The lowest BCUT2D eigenvalue weighted by molar-refractivity contribution is 0.293. The number of rotatable bonds is 5. The van der Waals surface area contributed by atoms with Gasteiger partial charge >= 0.3 is 0 Å². The quantitative estimate of drug-likeness (QED) is 0.325. The van der Waals surface area contributed by atoms with Gasteiger partial charge in [-0.1, -0.05) is 31.4 Å². The van der Waals surface area contributed by atoms with E-state index in [2.05, 4.69) is 31.7 Å². The van der Waals surface area contributed by atoms with Gasteiger partial charge in [0, 0.05) is 43.2 Å². The summed E-state index contributed by atoms with van der Waals surface area (Å²) in [4.78, 5) is 7.26. The third-order valence-corrected chi connectivity index (χ3v) is 9.18. The SMILES string of the molecule is CN=C(NCc1ccc(S(=O)(=O)NC2CC2)cc1)N1CCSC2(CCCCC2)C1.I. The van der Waals surface area contributed by atoms with Gasteiger partial charge in [-0.15, -0.1) is 24.0 Å². The maximum absolute atomic E-state index is 12.3. The van der Waals surface area contributed by atoms with Gasteiger partial charge in [-0.25, -0.2) is 13.1 Å². The zero-order valence-electron chi connectivity index (χ0n) is 17.6. The minimum absolute atomic E-state index is 0.